The lowest BCUT2D eigenvalue weighted by atomic mass is 10.1. The van der Waals surface area contributed by atoms with Gasteiger partial charge in [-0.15, -0.1) is 6.58 Å². The molecule has 4 aromatic rings. The lowest BCUT2D eigenvalue weighted by Crippen LogP contribution is -2.24. The van der Waals surface area contributed by atoms with E-state index in [9.17, 15) is 4.79 Å². The number of allylic oxidation sites excluding steroid dienone is 1. The maximum atomic E-state index is 13.1. The molecule has 2 heterocycles. The molecule has 40 heavy (non-hydrogen) atoms. The van der Waals surface area contributed by atoms with Crippen LogP contribution in [0.2, 0.25) is 0 Å². The summed E-state index contributed by atoms with van der Waals surface area (Å²) in [5, 5.41) is 0. The third kappa shape index (κ3) is 5.98. The molecule has 3 aromatic carbocycles. The van der Waals surface area contributed by atoms with Gasteiger partial charge in [-0.3, -0.25) is 4.79 Å². The number of methoxy groups -OCH3 is 1. The van der Waals surface area contributed by atoms with E-state index in [0.29, 0.717) is 26.2 Å². The number of rotatable bonds is 13. The number of anilines is 1. The number of aryl methyl sites for hydroxylation is 1. The van der Waals surface area contributed by atoms with Gasteiger partial charge in [0.15, 0.2) is 11.5 Å². The smallest absolute Gasteiger partial charge is 0.227 e. The number of imidazole rings is 1. The van der Waals surface area contributed by atoms with Crippen LogP contribution in [0.25, 0.3) is 11.0 Å². The largest absolute Gasteiger partial charge is 0.494 e. The van der Waals surface area contributed by atoms with Gasteiger partial charge in [0, 0.05) is 31.1 Å². The second-order valence-corrected chi connectivity index (χ2v) is 9.98. The van der Waals surface area contributed by atoms with Crippen LogP contribution in [-0.2, 0) is 17.8 Å². The fourth-order valence-electron chi connectivity index (χ4n) is 5.34. The first-order valence-corrected chi connectivity index (χ1v) is 14.0. The van der Waals surface area contributed by atoms with Gasteiger partial charge in [-0.2, -0.15) is 0 Å². The average Bonchev–Trinajstić information content (AvgIpc) is 3.54. The molecule has 0 aliphatic carbocycles. The number of fused-ring (bicyclic) bond motifs is 1. The predicted molar refractivity (Wildman–Crippen MR) is 159 cm³/mol. The topological polar surface area (TPSA) is 65.8 Å². The normalized spacial score (nSPS) is 15.0. The molecule has 7 heteroatoms. The molecule has 1 aliphatic rings. The molecule has 1 unspecified atom stereocenters. The Morgan fingerprint density at radius 3 is 2.62 bits per heavy atom. The lowest BCUT2D eigenvalue weighted by molar-refractivity contribution is -0.117. The molecule has 0 spiro atoms. The standard InChI is InChI=1S/C33H37N3O4/c1-4-10-24-13-18-30(31(21-24)38-3)40-20-9-8-19-35-29-12-7-6-11-28(29)34-33(35)25-22-32(37)36(23-25)26-14-16-27(17-15-26)39-5-2/h4,6-7,11-18,21,25H,1,5,8-10,19-20,22-23H2,2-3H3. The zero-order valence-corrected chi connectivity index (χ0v) is 23.3. The Labute approximate surface area is 236 Å². The number of hydrogen-bond acceptors (Lipinski definition) is 5. The monoisotopic (exact) mass is 539 g/mol. The molecule has 1 aromatic heterocycles. The van der Waals surface area contributed by atoms with Crippen molar-refractivity contribution in [2.45, 2.75) is 45.1 Å². The van der Waals surface area contributed by atoms with Gasteiger partial charge in [0.2, 0.25) is 5.91 Å². The molecule has 7 nitrogen and oxygen atoms in total. The van der Waals surface area contributed by atoms with Crippen molar-refractivity contribution in [1.82, 2.24) is 9.55 Å². The van der Waals surface area contributed by atoms with Gasteiger partial charge in [0.1, 0.15) is 11.6 Å². The van der Waals surface area contributed by atoms with E-state index in [1.807, 2.05) is 78.6 Å². The Hall–Kier alpha value is -4.26. The van der Waals surface area contributed by atoms with E-state index in [2.05, 4.69) is 17.2 Å². The molecule has 208 valence electrons. The van der Waals surface area contributed by atoms with E-state index in [4.69, 9.17) is 19.2 Å². The van der Waals surface area contributed by atoms with Crippen LogP contribution in [-0.4, -0.2) is 42.3 Å². The van der Waals surface area contributed by atoms with E-state index >= 15 is 0 Å². The molecule has 1 amide bonds. The van der Waals surface area contributed by atoms with Gasteiger partial charge in [-0.25, -0.2) is 4.98 Å². The molecule has 5 rings (SSSR count). The summed E-state index contributed by atoms with van der Waals surface area (Å²) in [7, 11) is 1.66. The zero-order chi connectivity index (χ0) is 27.9. The first-order chi connectivity index (χ1) is 19.6. The van der Waals surface area contributed by atoms with E-state index in [0.717, 1.165) is 71.2 Å². The van der Waals surface area contributed by atoms with Gasteiger partial charge in [-0.05, 0) is 80.3 Å². The third-order valence-electron chi connectivity index (χ3n) is 7.28. The Kier molecular flexibility index (Phi) is 8.69. The van der Waals surface area contributed by atoms with Gasteiger partial charge in [-0.1, -0.05) is 24.3 Å². The molecule has 1 atom stereocenters. The van der Waals surface area contributed by atoms with Gasteiger partial charge in [0.25, 0.3) is 0 Å². The van der Waals surface area contributed by atoms with Crippen molar-refractivity contribution < 1.29 is 19.0 Å². The van der Waals surface area contributed by atoms with Crippen molar-refractivity contribution in [1.29, 1.82) is 0 Å². The second kappa shape index (κ2) is 12.7. The Morgan fingerprint density at radius 1 is 1.02 bits per heavy atom. The van der Waals surface area contributed by atoms with Crippen molar-refractivity contribution in [3.8, 4) is 17.2 Å². The van der Waals surface area contributed by atoms with Crippen LogP contribution < -0.4 is 19.1 Å². The van der Waals surface area contributed by atoms with Gasteiger partial charge < -0.3 is 23.7 Å². The lowest BCUT2D eigenvalue weighted by Gasteiger charge is -2.18. The first-order valence-electron chi connectivity index (χ1n) is 14.0. The highest BCUT2D eigenvalue weighted by atomic mass is 16.5. The fraction of sp³-hybridized carbons (Fsp3) is 0.333. The number of amides is 1. The molecular formula is C33H37N3O4. The van der Waals surface area contributed by atoms with Crippen LogP contribution in [0, 0.1) is 0 Å². The summed E-state index contributed by atoms with van der Waals surface area (Å²) >= 11 is 0. The van der Waals surface area contributed by atoms with Crippen LogP contribution in [0.3, 0.4) is 0 Å². The Balaban J connectivity index is 1.25. The summed E-state index contributed by atoms with van der Waals surface area (Å²) in [4.78, 5) is 19.9. The number of carbonyl (C=O) groups excluding carboxylic acids is 1. The number of carbonyl (C=O) groups is 1. The van der Waals surface area contributed by atoms with Crippen molar-refractivity contribution in [2.24, 2.45) is 0 Å². The first kappa shape index (κ1) is 27.3. The van der Waals surface area contributed by atoms with Gasteiger partial charge >= 0.3 is 0 Å². The number of para-hydroxylation sites is 2. The molecule has 0 N–H and O–H groups in total. The summed E-state index contributed by atoms with van der Waals surface area (Å²) in [6, 6.07) is 22.0. The molecule has 1 fully saturated rings. The summed E-state index contributed by atoms with van der Waals surface area (Å²) in [5.41, 5.74) is 4.10. The van der Waals surface area contributed by atoms with Crippen LogP contribution in [0.5, 0.6) is 17.2 Å². The van der Waals surface area contributed by atoms with Crippen LogP contribution in [0.1, 0.15) is 43.5 Å². The molecule has 0 bridgehead atoms. The zero-order valence-electron chi connectivity index (χ0n) is 23.3. The molecular weight excluding hydrogens is 502 g/mol. The van der Waals surface area contributed by atoms with Crippen molar-refractivity contribution in [3.63, 3.8) is 0 Å². The third-order valence-corrected chi connectivity index (χ3v) is 7.28. The number of ether oxygens (including phenoxy) is 3. The summed E-state index contributed by atoms with van der Waals surface area (Å²) in [5.74, 6) is 3.43. The number of nitrogens with zero attached hydrogens (tertiary/aromatic N) is 3. The predicted octanol–water partition coefficient (Wildman–Crippen LogP) is 6.55. The minimum atomic E-state index is 0.0288. The highest BCUT2D eigenvalue weighted by Gasteiger charge is 2.34. The maximum Gasteiger partial charge on any atom is 0.227 e. The number of hydrogen-bond donors (Lipinski definition) is 0. The number of benzene rings is 3. The summed E-state index contributed by atoms with van der Waals surface area (Å²) < 4.78 is 19.4. The second-order valence-electron chi connectivity index (χ2n) is 9.98. The van der Waals surface area contributed by atoms with Crippen molar-refractivity contribution >= 4 is 22.6 Å². The SMILES string of the molecule is C=CCc1ccc(OCCCCn2c(C3CC(=O)N(c4ccc(OCC)cc4)C3)nc3ccccc32)c(OC)c1. The maximum absolute atomic E-state index is 13.1. The van der Waals surface area contributed by atoms with Gasteiger partial charge in [0.05, 0.1) is 31.4 Å². The van der Waals surface area contributed by atoms with E-state index < -0.39 is 0 Å². The summed E-state index contributed by atoms with van der Waals surface area (Å²) in [6.45, 7) is 8.39. The highest BCUT2D eigenvalue weighted by molar-refractivity contribution is 5.96. The highest BCUT2D eigenvalue weighted by Crippen LogP contribution is 2.34. The quantitative estimate of drug-likeness (QED) is 0.142. The number of unbranched alkanes of at least 4 members (excludes halogenated alkanes) is 1. The Morgan fingerprint density at radius 2 is 1.85 bits per heavy atom. The van der Waals surface area contributed by atoms with Crippen LogP contribution in [0.15, 0.2) is 79.4 Å². The average molecular weight is 540 g/mol. The summed E-state index contributed by atoms with van der Waals surface area (Å²) in [6.07, 6.45) is 4.92. The van der Waals surface area contributed by atoms with E-state index in [-0.39, 0.29) is 11.8 Å². The molecule has 0 saturated carbocycles. The minimum absolute atomic E-state index is 0.0288. The fourth-order valence-corrected chi connectivity index (χ4v) is 5.34. The van der Waals surface area contributed by atoms with Crippen molar-refractivity contribution in [3.05, 3.63) is 90.8 Å². The van der Waals surface area contributed by atoms with E-state index in [1.54, 1.807) is 7.11 Å². The minimum Gasteiger partial charge on any atom is -0.494 e. The molecule has 1 saturated heterocycles. The van der Waals surface area contributed by atoms with Crippen LogP contribution >= 0.6 is 0 Å². The van der Waals surface area contributed by atoms with Crippen molar-refractivity contribution in [2.75, 3.05) is 31.8 Å². The van der Waals surface area contributed by atoms with E-state index in [1.165, 1.54) is 0 Å². The number of aromatic nitrogens is 2. The Bertz CT molecular complexity index is 1460. The van der Waals surface area contributed by atoms with Crippen LogP contribution in [0.4, 0.5) is 5.69 Å². The molecule has 0 radical (unpaired) electrons. The molecule has 1 aliphatic heterocycles.